The van der Waals surface area contributed by atoms with Crippen molar-refractivity contribution in [2.24, 2.45) is 0 Å². The van der Waals surface area contributed by atoms with Gasteiger partial charge in [-0.3, -0.25) is 9.36 Å². The number of nitrogens with zero attached hydrogens (tertiary/aromatic N) is 2. The highest BCUT2D eigenvalue weighted by Crippen LogP contribution is 2.31. The number of halogens is 5. The van der Waals surface area contributed by atoms with E-state index in [1.165, 1.54) is 34.9 Å². The van der Waals surface area contributed by atoms with Crippen molar-refractivity contribution < 1.29 is 17.6 Å². The van der Waals surface area contributed by atoms with Crippen LogP contribution in [-0.4, -0.2) is 15.8 Å². The molecule has 0 atom stereocenters. The highest BCUT2D eigenvalue weighted by atomic mass is 79.9. The second-order valence-electron chi connectivity index (χ2n) is 7.14. The van der Waals surface area contributed by atoms with Crippen LogP contribution in [0.15, 0.2) is 82.1 Å². The van der Waals surface area contributed by atoms with E-state index in [0.717, 1.165) is 22.8 Å². The molecule has 1 aromatic heterocycles. The van der Waals surface area contributed by atoms with E-state index < -0.39 is 23.1 Å². The van der Waals surface area contributed by atoms with Crippen LogP contribution >= 0.6 is 15.9 Å². The van der Waals surface area contributed by atoms with Crippen LogP contribution in [0.1, 0.15) is 11.1 Å². The van der Waals surface area contributed by atoms with Crippen molar-refractivity contribution in [2.45, 2.75) is 6.18 Å². The molecule has 0 amide bonds. The number of anilines is 2. The summed E-state index contributed by atoms with van der Waals surface area (Å²) in [5.74, 6) is -0.750. The maximum atomic E-state index is 14.7. The molecule has 0 saturated heterocycles. The Bertz CT molecular complexity index is 1420. The molecule has 0 radical (unpaired) electrons. The molecule has 10 heteroatoms. The van der Waals surface area contributed by atoms with Gasteiger partial charge in [0, 0.05) is 16.4 Å². The SMILES string of the molecule is N=Cc1c(Nc2ccc(C(F)(F)F)cc2)nc(-c2ccccc2F)n(-c2ccc(Br)cc2)c1=O. The zero-order chi connectivity index (χ0) is 24.5. The van der Waals surface area contributed by atoms with Gasteiger partial charge in [0.25, 0.3) is 5.56 Å². The first-order valence-corrected chi connectivity index (χ1v) is 10.6. The Morgan fingerprint density at radius 1 is 0.971 bits per heavy atom. The molecule has 0 unspecified atom stereocenters. The Morgan fingerprint density at radius 3 is 2.21 bits per heavy atom. The number of nitrogens with one attached hydrogen (secondary N) is 2. The number of hydrogen-bond acceptors (Lipinski definition) is 4. The van der Waals surface area contributed by atoms with Gasteiger partial charge in [-0.2, -0.15) is 13.2 Å². The fourth-order valence-corrected chi connectivity index (χ4v) is 3.56. The molecule has 172 valence electrons. The zero-order valence-electron chi connectivity index (χ0n) is 17.2. The molecule has 0 bridgehead atoms. The molecule has 4 aromatic rings. The molecule has 4 rings (SSSR count). The van der Waals surface area contributed by atoms with Crippen molar-refractivity contribution in [3.8, 4) is 17.1 Å². The summed E-state index contributed by atoms with van der Waals surface area (Å²) in [6, 6.07) is 16.6. The monoisotopic (exact) mass is 530 g/mol. The van der Waals surface area contributed by atoms with Crippen molar-refractivity contribution in [1.82, 2.24) is 9.55 Å². The van der Waals surface area contributed by atoms with E-state index in [4.69, 9.17) is 5.41 Å². The van der Waals surface area contributed by atoms with Crippen LogP contribution in [0.25, 0.3) is 17.1 Å². The van der Waals surface area contributed by atoms with Crippen LogP contribution in [0.2, 0.25) is 0 Å². The summed E-state index contributed by atoms with van der Waals surface area (Å²) in [4.78, 5) is 17.9. The topological polar surface area (TPSA) is 70.8 Å². The van der Waals surface area contributed by atoms with E-state index in [2.05, 4.69) is 26.2 Å². The standard InChI is InChI=1S/C24H15BrF4N4O/c25-15-7-11-17(12-8-15)33-22(18-3-1-2-4-20(18)26)32-21(19(13-30)23(33)34)31-16-9-5-14(6-10-16)24(27,28)29/h1-13,30-31H. The molecule has 2 N–H and O–H groups in total. The predicted octanol–water partition coefficient (Wildman–Crippen LogP) is 6.56. The third-order valence-electron chi connectivity index (χ3n) is 4.94. The lowest BCUT2D eigenvalue weighted by Crippen LogP contribution is -2.27. The maximum Gasteiger partial charge on any atom is 0.416 e. The van der Waals surface area contributed by atoms with E-state index in [9.17, 15) is 22.4 Å². The zero-order valence-corrected chi connectivity index (χ0v) is 18.8. The molecule has 34 heavy (non-hydrogen) atoms. The van der Waals surface area contributed by atoms with Crippen LogP contribution in [0.4, 0.5) is 29.1 Å². The van der Waals surface area contributed by atoms with E-state index in [1.54, 1.807) is 30.3 Å². The average Bonchev–Trinajstić information content (AvgIpc) is 2.80. The van der Waals surface area contributed by atoms with Gasteiger partial charge in [-0.1, -0.05) is 28.1 Å². The molecule has 0 aliphatic rings. The second kappa shape index (κ2) is 9.22. The lowest BCUT2D eigenvalue weighted by molar-refractivity contribution is -0.137. The predicted molar refractivity (Wildman–Crippen MR) is 126 cm³/mol. The Labute approximate surface area is 199 Å². The van der Waals surface area contributed by atoms with Gasteiger partial charge in [0.05, 0.1) is 16.8 Å². The first-order chi connectivity index (χ1) is 16.2. The fourth-order valence-electron chi connectivity index (χ4n) is 3.29. The maximum absolute atomic E-state index is 14.7. The summed E-state index contributed by atoms with van der Waals surface area (Å²) in [5, 5.41) is 10.6. The second-order valence-corrected chi connectivity index (χ2v) is 8.05. The van der Waals surface area contributed by atoms with Crippen molar-refractivity contribution >= 4 is 33.6 Å². The Balaban J connectivity index is 1.92. The molecule has 0 fully saturated rings. The summed E-state index contributed by atoms with van der Waals surface area (Å²) >= 11 is 3.33. The van der Waals surface area contributed by atoms with E-state index in [0.29, 0.717) is 5.69 Å². The van der Waals surface area contributed by atoms with Crippen molar-refractivity contribution in [3.05, 3.63) is 105 Å². The van der Waals surface area contributed by atoms with Crippen LogP contribution in [0, 0.1) is 11.2 Å². The lowest BCUT2D eigenvalue weighted by Gasteiger charge is -2.17. The van der Waals surface area contributed by atoms with Gasteiger partial charge in [-0.05, 0) is 60.7 Å². The van der Waals surface area contributed by atoms with E-state index in [-0.39, 0.29) is 28.5 Å². The Kier molecular flexibility index (Phi) is 6.34. The number of rotatable bonds is 5. The van der Waals surface area contributed by atoms with Gasteiger partial charge in [-0.15, -0.1) is 0 Å². The van der Waals surface area contributed by atoms with Crippen molar-refractivity contribution in [1.29, 1.82) is 5.41 Å². The summed E-state index contributed by atoms with van der Waals surface area (Å²) in [5.41, 5.74) is -1.000. The summed E-state index contributed by atoms with van der Waals surface area (Å²) in [7, 11) is 0. The minimum absolute atomic E-state index is 0.0366. The van der Waals surface area contributed by atoms with Gasteiger partial charge >= 0.3 is 6.18 Å². The largest absolute Gasteiger partial charge is 0.416 e. The Hall–Kier alpha value is -3.79. The van der Waals surface area contributed by atoms with Gasteiger partial charge in [-0.25, -0.2) is 9.37 Å². The summed E-state index contributed by atoms with van der Waals surface area (Å²) in [6.07, 6.45) is -3.71. The molecule has 3 aromatic carbocycles. The molecule has 1 heterocycles. The third-order valence-corrected chi connectivity index (χ3v) is 5.47. The molecular weight excluding hydrogens is 516 g/mol. The first kappa shape index (κ1) is 23.4. The number of alkyl halides is 3. The summed E-state index contributed by atoms with van der Waals surface area (Å²) < 4.78 is 55.3. The van der Waals surface area contributed by atoms with E-state index in [1.807, 2.05) is 0 Å². The average molecular weight is 531 g/mol. The smallest absolute Gasteiger partial charge is 0.339 e. The van der Waals surface area contributed by atoms with Gasteiger partial charge in [0.2, 0.25) is 0 Å². The molecule has 0 spiro atoms. The van der Waals surface area contributed by atoms with Crippen LogP contribution in [0.5, 0.6) is 0 Å². The number of aromatic nitrogens is 2. The van der Waals surface area contributed by atoms with Gasteiger partial charge in [0.15, 0.2) is 5.82 Å². The van der Waals surface area contributed by atoms with Crippen LogP contribution in [0.3, 0.4) is 0 Å². The number of hydrogen-bond donors (Lipinski definition) is 2. The quantitative estimate of drug-likeness (QED) is 0.226. The van der Waals surface area contributed by atoms with E-state index >= 15 is 0 Å². The van der Waals surface area contributed by atoms with Crippen LogP contribution in [-0.2, 0) is 6.18 Å². The normalized spacial score (nSPS) is 11.3. The highest BCUT2D eigenvalue weighted by Gasteiger charge is 2.30. The van der Waals surface area contributed by atoms with Gasteiger partial charge < -0.3 is 10.7 Å². The third kappa shape index (κ3) is 4.62. The Morgan fingerprint density at radius 2 is 1.62 bits per heavy atom. The minimum atomic E-state index is -4.50. The first-order valence-electron chi connectivity index (χ1n) is 9.81. The molecule has 5 nitrogen and oxygen atoms in total. The minimum Gasteiger partial charge on any atom is -0.339 e. The molecule has 0 aliphatic heterocycles. The fraction of sp³-hybridized carbons (Fsp3) is 0.0417. The molecule has 0 aliphatic carbocycles. The highest BCUT2D eigenvalue weighted by molar-refractivity contribution is 9.10. The lowest BCUT2D eigenvalue weighted by atomic mass is 10.1. The molecular formula is C24H15BrF4N4O. The summed E-state index contributed by atoms with van der Waals surface area (Å²) in [6.45, 7) is 0. The van der Waals surface area contributed by atoms with Crippen molar-refractivity contribution in [3.63, 3.8) is 0 Å². The number of benzene rings is 3. The van der Waals surface area contributed by atoms with Crippen molar-refractivity contribution in [2.75, 3.05) is 5.32 Å². The van der Waals surface area contributed by atoms with Gasteiger partial charge in [0.1, 0.15) is 17.2 Å². The van der Waals surface area contributed by atoms with Crippen LogP contribution < -0.4 is 10.9 Å². The molecule has 0 saturated carbocycles.